The molecule has 1 aliphatic rings. The summed E-state index contributed by atoms with van der Waals surface area (Å²) in [6, 6.07) is 5.37. The van der Waals surface area contributed by atoms with Crippen molar-refractivity contribution in [2.75, 3.05) is 24.9 Å². The summed E-state index contributed by atoms with van der Waals surface area (Å²) in [6.45, 7) is 0. The van der Waals surface area contributed by atoms with Gasteiger partial charge >= 0.3 is 5.97 Å². The summed E-state index contributed by atoms with van der Waals surface area (Å²) in [5.41, 5.74) is 1.81. The molecule has 0 radical (unpaired) electrons. The van der Waals surface area contributed by atoms with Crippen LogP contribution >= 0.6 is 10.0 Å². The Balaban J connectivity index is 2.07. The maximum atomic E-state index is 11.4. The van der Waals surface area contributed by atoms with E-state index in [0.29, 0.717) is 5.69 Å². The van der Waals surface area contributed by atoms with E-state index < -0.39 is 16.0 Å². The highest BCUT2D eigenvalue weighted by atomic mass is 32.3. The van der Waals surface area contributed by atoms with Gasteiger partial charge in [0, 0.05) is 6.07 Å². The van der Waals surface area contributed by atoms with Crippen LogP contribution in [0, 0.1) is 0 Å². The van der Waals surface area contributed by atoms with E-state index in [-0.39, 0.29) is 0 Å². The fraction of sp³-hybridized carbons (Fsp3) is 0.333. The van der Waals surface area contributed by atoms with Crippen LogP contribution in [-0.2, 0) is 4.74 Å². The average Bonchev–Trinajstić information content (AvgIpc) is 2.94. The van der Waals surface area contributed by atoms with Crippen molar-refractivity contribution in [3.05, 3.63) is 23.9 Å². The van der Waals surface area contributed by atoms with Crippen molar-refractivity contribution in [1.29, 1.82) is 0 Å². The van der Waals surface area contributed by atoms with Crippen LogP contribution in [0.4, 0.5) is 0 Å². The molecule has 2 aromatic heterocycles. The van der Waals surface area contributed by atoms with Crippen molar-refractivity contribution in [3.63, 3.8) is 0 Å². The predicted octanol–water partition coefficient (Wildman–Crippen LogP) is 2.42. The number of carbonyl (C=O) groups excluding carboxylic acids is 1. The fourth-order valence-corrected chi connectivity index (χ4v) is 3.78. The van der Waals surface area contributed by atoms with Gasteiger partial charge in [-0.15, -0.1) is 0 Å². The lowest BCUT2D eigenvalue weighted by Crippen LogP contribution is -2.03. The number of rotatable bonds is 2. The van der Waals surface area contributed by atoms with Crippen molar-refractivity contribution in [1.82, 2.24) is 4.98 Å². The predicted molar refractivity (Wildman–Crippen MR) is 66.9 cm³/mol. The van der Waals surface area contributed by atoms with E-state index in [4.69, 9.17) is 4.42 Å². The van der Waals surface area contributed by atoms with E-state index in [1.165, 1.54) is 18.6 Å². The maximum absolute atomic E-state index is 11.4. The number of hydrogen-bond acceptors (Lipinski definition) is 4. The van der Waals surface area contributed by atoms with Gasteiger partial charge in [-0.05, 0) is 29.9 Å². The van der Waals surface area contributed by atoms with Crippen LogP contribution in [0.5, 0.6) is 0 Å². The standard InChI is InChI=1S/C12H13NO3S/c1-15-12(14)8-3-4-10-9(13-8)7-11(16-10)17(2)5-6-17/h3-4,7H,5-6H2,1-2H3. The fourth-order valence-electron chi connectivity index (χ4n) is 1.69. The molecule has 0 spiro atoms. The van der Waals surface area contributed by atoms with Gasteiger partial charge < -0.3 is 9.15 Å². The van der Waals surface area contributed by atoms with E-state index in [1.54, 1.807) is 12.1 Å². The zero-order chi connectivity index (χ0) is 12.0. The second kappa shape index (κ2) is 3.50. The molecule has 17 heavy (non-hydrogen) atoms. The molecule has 1 fully saturated rings. The van der Waals surface area contributed by atoms with E-state index in [1.807, 2.05) is 6.07 Å². The van der Waals surface area contributed by atoms with Crippen molar-refractivity contribution in [2.24, 2.45) is 0 Å². The van der Waals surface area contributed by atoms with E-state index in [0.717, 1.165) is 16.2 Å². The molecule has 1 saturated heterocycles. The van der Waals surface area contributed by atoms with Gasteiger partial charge in [0.05, 0.1) is 7.11 Å². The highest BCUT2D eigenvalue weighted by molar-refractivity contribution is 8.38. The Kier molecular flexibility index (Phi) is 2.19. The molecule has 1 aliphatic heterocycles. The van der Waals surface area contributed by atoms with E-state index >= 15 is 0 Å². The molecule has 3 heterocycles. The first-order valence-electron chi connectivity index (χ1n) is 5.35. The molecule has 2 aromatic rings. The molecule has 0 aliphatic carbocycles. The molecule has 90 valence electrons. The molecule has 0 bridgehead atoms. The third-order valence-electron chi connectivity index (χ3n) is 3.05. The lowest BCUT2D eigenvalue weighted by molar-refractivity contribution is 0.0594. The number of carbonyl (C=O) groups is 1. The van der Waals surface area contributed by atoms with Crippen LogP contribution < -0.4 is 0 Å². The Morgan fingerprint density at radius 1 is 1.47 bits per heavy atom. The zero-order valence-corrected chi connectivity index (χ0v) is 10.5. The summed E-state index contributed by atoms with van der Waals surface area (Å²) in [4.78, 5) is 15.6. The first-order chi connectivity index (χ1) is 8.12. The van der Waals surface area contributed by atoms with Crippen LogP contribution in [0.2, 0.25) is 0 Å². The minimum absolute atomic E-state index is 0.323. The number of ether oxygens (including phenoxy) is 1. The number of esters is 1. The lowest BCUT2D eigenvalue weighted by Gasteiger charge is -2.07. The number of hydrogen-bond donors (Lipinski definition) is 0. The van der Waals surface area contributed by atoms with Gasteiger partial charge in [-0.3, -0.25) is 0 Å². The van der Waals surface area contributed by atoms with Crippen LogP contribution in [0.3, 0.4) is 0 Å². The molecule has 5 heteroatoms. The third kappa shape index (κ3) is 1.70. The highest BCUT2D eigenvalue weighted by Crippen LogP contribution is 2.65. The quantitative estimate of drug-likeness (QED) is 0.607. The van der Waals surface area contributed by atoms with Gasteiger partial charge in [0.2, 0.25) is 0 Å². The minimum atomic E-state index is -0.676. The number of methoxy groups -OCH3 is 1. The van der Waals surface area contributed by atoms with Gasteiger partial charge in [-0.25, -0.2) is 9.78 Å². The Labute approximate surface area is 100 Å². The van der Waals surface area contributed by atoms with Gasteiger partial charge in [-0.2, -0.15) is 10.0 Å². The van der Waals surface area contributed by atoms with E-state index in [9.17, 15) is 4.79 Å². The van der Waals surface area contributed by atoms with Crippen LogP contribution in [0.25, 0.3) is 11.1 Å². The molecule has 0 atom stereocenters. The molecule has 0 aromatic carbocycles. The Bertz CT molecular complexity index is 601. The lowest BCUT2D eigenvalue weighted by atomic mass is 10.3. The van der Waals surface area contributed by atoms with Gasteiger partial charge in [0.1, 0.15) is 16.3 Å². The Hall–Kier alpha value is -1.49. The molecule has 3 rings (SSSR count). The SMILES string of the molecule is COC(=O)c1ccc2oc(S3(C)CC3)cc2n1. The smallest absolute Gasteiger partial charge is 0.356 e. The summed E-state index contributed by atoms with van der Waals surface area (Å²) in [5.74, 6) is 2.05. The van der Waals surface area contributed by atoms with Crippen molar-refractivity contribution < 1.29 is 13.9 Å². The number of nitrogens with zero attached hydrogens (tertiary/aromatic N) is 1. The van der Waals surface area contributed by atoms with Gasteiger partial charge in [0.25, 0.3) is 0 Å². The molecule has 0 saturated carbocycles. The number of pyridine rings is 1. The summed E-state index contributed by atoms with van der Waals surface area (Å²) < 4.78 is 10.4. The minimum Gasteiger partial charge on any atom is -0.464 e. The average molecular weight is 251 g/mol. The first kappa shape index (κ1) is 10.7. The monoisotopic (exact) mass is 251 g/mol. The summed E-state index contributed by atoms with van der Waals surface area (Å²) in [5, 5.41) is 1.04. The normalized spacial score (nSPS) is 18.9. The summed E-state index contributed by atoms with van der Waals surface area (Å²) in [6.07, 6.45) is 2.26. The Morgan fingerprint density at radius 2 is 2.24 bits per heavy atom. The largest absolute Gasteiger partial charge is 0.464 e. The number of furan rings is 1. The Morgan fingerprint density at radius 3 is 2.88 bits per heavy atom. The second-order valence-electron chi connectivity index (χ2n) is 4.32. The summed E-state index contributed by atoms with van der Waals surface area (Å²) in [7, 11) is 0.675. The third-order valence-corrected chi connectivity index (χ3v) is 5.85. The van der Waals surface area contributed by atoms with Crippen LogP contribution in [0.15, 0.2) is 27.7 Å². The molecule has 4 nitrogen and oxygen atoms in total. The zero-order valence-electron chi connectivity index (χ0n) is 9.73. The van der Waals surface area contributed by atoms with Crippen LogP contribution in [0.1, 0.15) is 10.5 Å². The maximum Gasteiger partial charge on any atom is 0.356 e. The topological polar surface area (TPSA) is 52.3 Å². The van der Waals surface area contributed by atoms with E-state index in [2.05, 4.69) is 16.0 Å². The number of fused-ring (bicyclic) bond motifs is 1. The van der Waals surface area contributed by atoms with Gasteiger partial charge in [0.15, 0.2) is 5.58 Å². The molecule has 0 amide bonds. The summed E-state index contributed by atoms with van der Waals surface area (Å²) >= 11 is 0. The van der Waals surface area contributed by atoms with Crippen molar-refractivity contribution in [3.8, 4) is 0 Å². The van der Waals surface area contributed by atoms with Crippen LogP contribution in [-0.4, -0.2) is 35.8 Å². The first-order valence-corrected chi connectivity index (χ1v) is 7.73. The molecular formula is C12H13NO3S. The van der Waals surface area contributed by atoms with Crippen molar-refractivity contribution >= 4 is 27.1 Å². The van der Waals surface area contributed by atoms with Crippen molar-refractivity contribution in [2.45, 2.75) is 5.09 Å². The molecule has 0 unspecified atom stereocenters. The molecule has 0 N–H and O–H groups in total. The second-order valence-corrected chi connectivity index (χ2v) is 8.09. The highest BCUT2D eigenvalue weighted by Gasteiger charge is 2.36. The molecular weight excluding hydrogens is 238 g/mol. The number of aromatic nitrogens is 1. The van der Waals surface area contributed by atoms with Gasteiger partial charge in [-0.1, -0.05) is 0 Å².